The molecule has 1 fully saturated rings. The second kappa shape index (κ2) is 6.67. The minimum absolute atomic E-state index is 0.204. The monoisotopic (exact) mass is 262 g/mol. The molecule has 102 valence electrons. The normalized spacial score (nSPS) is 17.0. The Kier molecular flexibility index (Phi) is 4.92. The van der Waals surface area contributed by atoms with E-state index in [1.54, 1.807) is 6.07 Å². The zero-order valence-electron chi connectivity index (χ0n) is 11.2. The van der Waals surface area contributed by atoms with E-state index in [4.69, 9.17) is 5.11 Å². The van der Waals surface area contributed by atoms with Crippen LogP contribution in [0, 0.1) is 17.7 Å². The van der Waals surface area contributed by atoms with Crippen LogP contribution in [0.1, 0.15) is 11.1 Å². The summed E-state index contributed by atoms with van der Waals surface area (Å²) in [6, 6.07) is 4.85. The first-order valence-corrected chi connectivity index (χ1v) is 6.47. The Morgan fingerprint density at radius 3 is 2.63 bits per heavy atom. The van der Waals surface area contributed by atoms with E-state index in [-0.39, 0.29) is 12.4 Å². The first kappa shape index (κ1) is 14.0. The fraction of sp³-hybridized carbons (Fsp3) is 0.467. The summed E-state index contributed by atoms with van der Waals surface area (Å²) in [6.07, 6.45) is 0. The zero-order valence-corrected chi connectivity index (χ0v) is 11.2. The van der Waals surface area contributed by atoms with Gasteiger partial charge in [-0.15, -0.1) is 0 Å². The Morgan fingerprint density at radius 2 is 1.95 bits per heavy atom. The van der Waals surface area contributed by atoms with Crippen LogP contribution in [0.5, 0.6) is 0 Å². The van der Waals surface area contributed by atoms with Crippen molar-refractivity contribution in [2.24, 2.45) is 0 Å². The number of hydrogen-bond donors (Lipinski definition) is 1. The standard InChI is InChI=1S/C15H19FN2O/c1-17-4-6-18(7-5-17)12-14-9-13(3-2-8-19)10-15(16)11-14/h9-11,19H,4-8,12H2,1H3. The molecule has 0 saturated carbocycles. The number of halogens is 1. The van der Waals surface area contributed by atoms with Crippen LogP contribution < -0.4 is 0 Å². The maximum Gasteiger partial charge on any atom is 0.124 e. The van der Waals surface area contributed by atoms with Gasteiger partial charge in [-0.05, 0) is 30.8 Å². The van der Waals surface area contributed by atoms with Crippen molar-refractivity contribution in [3.8, 4) is 11.8 Å². The Bertz CT molecular complexity index is 485. The Balaban J connectivity index is 2.05. The van der Waals surface area contributed by atoms with Gasteiger partial charge in [-0.1, -0.05) is 11.8 Å². The summed E-state index contributed by atoms with van der Waals surface area (Å²) >= 11 is 0. The molecular formula is C15H19FN2O. The minimum Gasteiger partial charge on any atom is -0.384 e. The van der Waals surface area contributed by atoms with E-state index in [0.29, 0.717) is 5.56 Å². The molecule has 4 heteroatoms. The average Bonchev–Trinajstić information content (AvgIpc) is 2.38. The van der Waals surface area contributed by atoms with Crippen LogP contribution in [-0.2, 0) is 6.54 Å². The van der Waals surface area contributed by atoms with Gasteiger partial charge in [-0.25, -0.2) is 4.39 Å². The van der Waals surface area contributed by atoms with Gasteiger partial charge in [0.05, 0.1) is 0 Å². The van der Waals surface area contributed by atoms with Gasteiger partial charge in [-0.2, -0.15) is 0 Å². The van der Waals surface area contributed by atoms with Crippen LogP contribution in [0.2, 0.25) is 0 Å². The van der Waals surface area contributed by atoms with Gasteiger partial charge >= 0.3 is 0 Å². The molecule has 1 heterocycles. The molecule has 0 atom stereocenters. The molecule has 0 spiro atoms. The van der Waals surface area contributed by atoms with Crippen molar-refractivity contribution in [3.05, 3.63) is 35.1 Å². The third-order valence-electron chi connectivity index (χ3n) is 3.27. The largest absolute Gasteiger partial charge is 0.384 e. The number of rotatable bonds is 2. The summed E-state index contributed by atoms with van der Waals surface area (Å²) in [6.45, 7) is 4.65. The number of aliphatic hydroxyl groups is 1. The maximum absolute atomic E-state index is 13.5. The van der Waals surface area contributed by atoms with Crippen LogP contribution in [-0.4, -0.2) is 54.7 Å². The van der Waals surface area contributed by atoms with E-state index < -0.39 is 0 Å². The predicted molar refractivity (Wildman–Crippen MR) is 73.1 cm³/mol. The smallest absolute Gasteiger partial charge is 0.124 e. The third kappa shape index (κ3) is 4.32. The van der Waals surface area contributed by atoms with Gasteiger partial charge in [-0.3, -0.25) is 4.90 Å². The Morgan fingerprint density at radius 1 is 1.21 bits per heavy atom. The maximum atomic E-state index is 13.5. The highest BCUT2D eigenvalue weighted by Gasteiger charge is 2.14. The van der Waals surface area contributed by atoms with Crippen molar-refractivity contribution in [1.82, 2.24) is 9.80 Å². The molecule has 0 aromatic heterocycles. The molecular weight excluding hydrogens is 243 g/mol. The summed E-state index contributed by atoms with van der Waals surface area (Å²) in [5.41, 5.74) is 1.56. The Labute approximate surface area is 113 Å². The van der Waals surface area contributed by atoms with Gasteiger partial charge in [0, 0.05) is 38.3 Å². The van der Waals surface area contributed by atoms with E-state index in [2.05, 4.69) is 28.7 Å². The van der Waals surface area contributed by atoms with Crippen molar-refractivity contribution in [2.75, 3.05) is 39.8 Å². The first-order valence-electron chi connectivity index (χ1n) is 6.47. The highest BCUT2D eigenvalue weighted by Crippen LogP contribution is 2.12. The second-order valence-electron chi connectivity index (χ2n) is 4.89. The lowest BCUT2D eigenvalue weighted by Gasteiger charge is -2.32. The molecule has 0 unspecified atom stereocenters. The van der Waals surface area contributed by atoms with Gasteiger partial charge in [0.25, 0.3) is 0 Å². The number of benzene rings is 1. The fourth-order valence-electron chi connectivity index (χ4n) is 2.22. The number of hydrogen-bond acceptors (Lipinski definition) is 3. The van der Waals surface area contributed by atoms with Crippen LogP contribution in [0.25, 0.3) is 0 Å². The van der Waals surface area contributed by atoms with Crippen molar-refractivity contribution in [2.45, 2.75) is 6.54 Å². The number of nitrogens with zero attached hydrogens (tertiary/aromatic N) is 2. The first-order chi connectivity index (χ1) is 9.17. The fourth-order valence-corrected chi connectivity index (χ4v) is 2.22. The molecule has 1 N–H and O–H groups in total. The van der Waals surface area contributed by atoms with E-state index in [9.17, 15) is 4.39 Å². The SMILES string of the molecule is CN1CCN(Cc2cc(F)cc(C#CCO)c2)CC1. The average molecular weight is 262 g/mol. The number of likely N-dealkylation sites (N-methyl/N-ethyl adjacent to an activating group) is 1. The molecule has 1 aromatic rings. The highest BCUT2D eigenvalue weighted by molar-refractivity contribution is 5.37. The van der Waals surface area contributed by atoms with E-state index in [1.165, 1.54) is 6.07 Å². The molecule has 2 rings (SSSR count). The van der Waals surface area contributed by atoms with Crippen molar-refractivity contribution >= 4 is 0 Å². The number of piperazine rings is 1. The lowest BCUT2D eigenvalue weighted by molar-refractivity contribution is 0.148. The van der Waals surface area contributed by atoms with E-state index in [1.807, 2.05) is 6.07 Å². The van der Waals surface area contributed by atoms with Gasteiger partial charge in [0.1, 0.15) is 12.4 Å². The van der Waals surface area contributed by atoms with Gasteiger partial charge in [0.2, 0.25) is 0 Å². The van der Waals surface area contributed by atoms with Gasteiger partial charge in [0.15, 0.2) is 0 Å². The molecule has 0 radical (unpaired) electrons. The van der Waals surface area contributed by atoms with Crippen LogP contribution >= 0.6 is 0 Å². The summed E-state index contributed by atoms with van der Waals surface area (Å²) in [5.74, 6) is 5.03. The molecule has 3 nitrogen and oxygen atoms in total. The summed E-state index contributed by atoms with van der Waals surface area (Å²) in [4.78, 5) is 4.61. The molecule has 1 saturated heterocycles. The molecule has 19 heavy (non-hydrogen) atoms. The Hall–Kier alpha value is -1.41. The topological polar surface area (TPSA) is 26.7 Å². The zero-order chi connectivity index (χ0) is 13.7. The number of aliphatic hydroxyl groups excluding tert-OH is 1. The summed E-state index contributed by atoms with van der Waals surface area (Å²) < 4.78 is 13.5. The highest BCUT2D eigenvalue weighted by atomic mass is 19.1. The molecule has 1 aliphatic heterocycles. The van der Waals surface area contributed by atoms with Crippen molar-refractivity contribution in [1.29, 1.82) is 0 Å². The van der Waals surface area contributed by atoms with Crippen LogP contribution in [0.3, 0.4) is 0 Å². The quantitative estimate of drug-likeness (QED) is 0.803. The van der Waals surface area contributed by atoms with Gasteiger partial charge < -0.3 is 10.0 Å². The van der Waals surface area contributed by atoms with Crippen LogP contribution in [0.15, 0.2) is 18.2 Å². The third-order valence-corrected chi connectivity index (χ3v) is 3.27. The van der Waals surface area contributed by atoms with E-state index >= 15 is 0 Å². The summed E-state index contributed by atoms with van der Waals surface area (Å²) in [5, 5.41) is 8.67. The van der Waals surface area contributed by atoms with Crippen LogP contribution in [0.4, 0.5) is 4.39 Å². The second-order valence-corrected chi connectivity index (χ2v) is 4.89. The molecule has 1 aromatic carbocycles. The lowest BCUT2D eigenvalue weighted by Crippen LogP contribution is -2.43. The molecule has 0 amide bonds. The molecule has 1 aliphatic rings. The van der Waals surface area contributed by atoms with Crippen molar-refractivity contribution < 1.29 is 9.50 Å². The molecule has 0 aliphatic carbocycles. The lowest BCUT2D eigenvalue weighted by atomic mass is 10.1. The minimum atomic E-state index is -0.270. The molecule has 0 bridgehead atoms. The van der Waals surface area contributed by atoms with E-state index in [0.717, 1.165) is 38.3 Å². The predicted octanol–water partition coefficient (Wildman–Crippen LogP) is 0.917. The van der Waals surface area contributed by atoms with Crippen molar-refractivity contribution in [3.63, 3.8) is 0 Å². The summed E-state index contributed by atoms with van der Waals surface area (Å²) in [7, 11) is 2.11.